The van der Waals surface area contributed by atoms with Crippen LogP contribution in [0.2, 0.25) is 0 Å². The van der Waals surface area contributed by atoms with Crippen LogP contribution in [0.5, 0.6) is 0 Å². The summed E-state index contributed by atoms with van der Waals surface area (Å²) in [5, 5.41) is 0. The zero-order valence-electron chi connectivity index (χ0n) is 10.6. The van der Waals surface area contributed by atoms with Crippen LogP contribution >= 0.6 is 0 Å². The van der Waals surface area contributed by atoms with E-state index in [1.54, 1.807) is 0 Å². The lowest BCUT2D eigenvalue weighted by Crippen LogP contribution is -2.15. The molecule has 1 amide bonds. The molecule has 0 spiro atoms. The average Bonchev–Trinajstić information content (AvgIpc) is 2.47. The molecule has 0 aliphatic heterocycles. The van der Waals surface area contributed by atoms with Crippen molar-refractivity contribution >= 4 is 11.7 Å². The quantitative estimate of drug-likeness (QED) is 0.671. The van der Waals surface area contributed by atoms with Gasteiger partial charge in [0.2, 0.25) is 5.91 Å². The number of nitrogens with zero attached hydrogens (tertiary/aromatic N) is 1. The summed E-state index contributed by atoms with van der Waals surface area (Å²) in [6.45, 7) is 0. The van der Waals surface area contributed by atoms with Crippen molar-refractivity contribution in [3.8, 4) is 0 Å². The summed E-state index contributed by atoms with van der Waals surface area (Å²) in [5.74, 6) is 0.0869. The lowest BCUT2D eigenvalue weighted by molar-refractivity contribution is -0.117. The summed E-state index contributed by atoms with van der Waals surface area (Å²) >= 11 is 0. The van der Waals surface area contributed by atoms with Crippen LogP contribution in [0.15, 0.2) is 65.7 Å². The van der Waals surface area contributed by atoms with Crippen molar-refractivity contribution in [3.05, 3.63) is 71.8 Å². The monoisotopic (exact) mass is 252 g/mol. The lowest BCUT2D eigenvalue weighted by Gasteiger charge is -2.01. The summed E-state index contributed by atoms with van der Waals surface area (Å²) in [6, 6.07) is 19.2. The molecule has 2 aromatic carbocycles. The molecule has 0 aliphatic carbocycles. The summed E-state index contributed by atoms with van der Waals surface area (Å²) in [7, 11) is 0. The molecule has 0 unspecified atom stereocenters. The molecule has 0 radical (unpaired) electrons. The minimum Gasteiger partial charge on any atom is -0.383 e. The molecule has 0 fully saturated rings. The molecule has 0 bridgehead atoms. The number of nitrogens with two attached hydrogens (primary N) is 1. The highest BCUT2D eigenvalue weighted by Gasteiger charge is 2.03. The first-order valence-electron chi connectivity index (χ1n) is 6.22. The molecular formula is C16H16N2O. The smallest absolute Gasteiger partial charge is 0.247 e. The van der Waals surface area contributed by atoms with Gasteiger partial charge in [-0.3, -0.25) is 4.79 Å². The van der Waals surface area contributed by atoms with Crippen molar-refractivity contribution in [2.75, 3.05) is 0 Å². The van der Waals surface area contributed by atoms with E-state index >= 15 is 0 Å². The first kappa shape index (κ1) is 13.0. The molecule has 0 aromatic heterocycles. The Morgan fingerprint density at radius 1 is 0.947 bits per heavy atom. The third-order valence-electron chi connectivity index (χ3n) is 2.79. The number of rotatable bonds is 4. The van der Waals surface area contributed by atoms with Gasteiger partial charge in [-0.2, -0.15) is 4.99 Å². The molecule has 2 aromatic rings. The molecule has 0 saturated carbocycles. The highest BCUT2D eigenvalue weighted by atomic mass is 16.1. The lowest BCUT2D eigenvalue weighted by atomic mass is 10.1. The van der Waals surface area contributed by atoms with Gasteiger partial charge in [-0.05, 0) is 12.0 Å². The van der Waals surface area contributed by atoms with Crippen molar-refractivity contribution in [2.24, 2.45) is 10.7 Å². The fraction of sp³-hybridized carbons (Fsp3) is 0.125. The zero-order chi connectivity index (χ0) is 13.5. The van der Waals surface area contributed by atoms with Crippen LogP contribution < -0.4 is 5.73 Å². The highest BCUT2D eigenvalue weighted by molar-refractivity contribution is 6.03. The molecule has 96 valence electrons. The van der Waals surface area contributed by atoms with Crippen molar-refractivity contribution in [1.82, 2.24) is 0 Å². The first-order chi connectivity index (χ1) is 9.25. The predicted molar refractivity (Wildman–Crippen MR) is 76.9 cm³/mol. The number of aliphatic imine (C=N–C) groups is 1. The number of aryl methyl sites for hydroxylation is 1. The van der Waals surface area contributed by atoms with Crippen LogP contribution in [0, 0.1) is 0 Å². The van der Waals surface area contributed by atoms with E-state index < -0.39 is 0 Å². The van der Waals surface area contributed by atoms with Gasteiger partial charge in [-0.25, -0.2) is 0 Å². The Morgan fingerprint density at radius 2 is 1.53 bits per heavy atom. The van der Waals surface area contributed by atoms with E-state index in [0.717, 1.165) is 11.1 Å². The third kappa shape index (κ3) is 4.07. The van der Waals surface area contributed by atoms with Crippen molar-refractivity contribution in [2.45, 2.75) is 12.8 Å². The van der Waals surface area contributed by atoms with Gasteiger partial charge in [0.15, 0.2) is 0 Å². The second-order valence-electron chi connectivity index (χ2n) is 4.24. The van der Waals surface area contributed by atoms with Crippen LogP contribution in [0.4, 0.5) is 0 Å². The van der Waals surface area contributed by atoms with E-state index in [4.69, 9.17) is 5.73 Å². The topological polar surface area (TPSA) is 55.4 Å². The number of hydrogen-bond acceptors (Lipinski definition) is 1. The van der Waals surface area contributed by atoms with E-state index in [1.165, 1.54) is 0 Å². The van der Waals surface area contributed by atoms with Gasteiger partial charge in [-0.15, -0.1) is 0 Å². The molecule has 2 N–H and O–H groups in total. The molecule has 2 rings (SSSR count). The van der Waals surface area contributed by atoms with Crippen LogP contribution in [0.1, 0.15) is 17.5 Å². The molecular weight excluding hydrogens is 236 g/mol. The fourth-order valence-electron chi connectivity index (χ4n) is 1.76. The van der Waals surface area contributed by atoms with Crippen LogP contribution in [-0.4, -0.2) is 11.7 Å². The number of amides is 1. The Morgan fingerprint density at radius 3 is 2.16 bits per heavy atom. The first-order valence-corrected chi connectivity index (χ1v) is 6.22. The largest absolute Gasteiger partial charge is 0.383 e. The molecule has 19 heavy (non-hydrogen) atoms. The van der Waals surface area contributed by atoms with Gasteiger partial charge in [0.25, 0.3) is 0 Å². The van der Waals surface area contributed by atoms with Gasteiger partial charge in [0.1, 0.15) is 5.84 Å². The van der Waals surface area contributed by atoms with Crippen LogP contribution in [0.25, 0.3) is 0 Å². The summed E-state index contributed by atoms with van der Waals surface area (Å²) < 4.78 is 0. The Kier molecular flexibility index (Phi) is 4.45. The van der Waals surface area contributed by atoms with Gasteiger partial charge < -0.3 is 5.73 Å². The van der Waals surface area contributed by atoms with Crippen LogP contribution in [0.3, 0.4) is 0 Å². The second-order valence-corrected chi connectivity index (χ2v) is 4.24. The Bertz CT molecular complexity index is 562. The van der Waals surface area contributed by atoms with Gasteiger partial charge >= 0.3 is 0 Å². The molecule has 3 heteroatoms. The van der Waals surface area contributed by atoms with E-state index in [1.807, 2.05) is 60.7 Å². The standard InChI is InChI=1S/C16H16N2O/c17-16(14-9-5-2-6-10-14)18-15(19)12-11-13-7-3-1-4-8-13/h1-10H,11-12H2,(H2,17,18,19). The number of carbonyl (C=O) groups excluding carboxylic acids is 1. The molecule has 0 saturated heterocycles. The number of benzene rings is 2. The molecule has 0 atom stereocenters. The molecule has 0 aliphatic rings. The Hall–Kier alpha value is -2.42. The molecule has 0 heterocycles. The summed E-state index contributed by atoms with van der Waals surface area (Å²) in [5.41, 5.74) is 7.70. The maximum absolute atomic E-state index is 11.7. The Balaban J connectivity index is 1.94. The molecule has 3 nitrogen and oxygen atoms in total. The third-order valence-corrected chi connectivity index (χ3v) is 2.79. The average molecular weight is 252 g/mol. The highest BCUT2D eigenvalue weighted by Crippen LogP contribution is 2.04. The van der Waals surface area contributed by atoms with Gasteiger partial charge in [-0.1, -0.05) is 60.7 Å². The van der Waals surface area contributed by atoms with Crippen LogP contribution in [-0.2, 0) is 11.2 Å². The summed E-state index contributed by atoms with van der Waals surface area (Å²) in [6.07, 6.45) is 1.06. The SMILES string of the molecule is NC(=NC(=O)CCc1ccccc1)c1ccccc1. The maximum Gasteiger partial charge on any atom is 0.247 e. The van der Waals surface area contributed by atoms with E-state index in [9.17, 15) is 4.79 Å². The minimum absolute atomic E-state index is 0.190. The van der Waals surface area contributed by atoms with Crippen molar-refractivity contribution in [3.63, 3.8) is 0 Å². The number of carbonyl (C=O) groups is 1. The van der Waals surface area contributed by atoms with E-state index in [0.29, 0.717) is 12.8 Å². The minimum atomic E-state index is -0.190. The van der Waals surface area contributed by atoms with Crippen molar-refractivity contribution < 1.29 is 4.79 Å². The fourth-order valence-corrected chi connectivity index (χ4v) is 1.76. The Labute approximate surface area is 112 Å². The summed E-state index contributed by atoms with van der Waals surface area (Å²) in [4.78, 5) is 15.7. The van der Waals surface area contributed by atoms with E-state index in [2.05, 4.69) is 4.99 Å². The number of amidine groups is 1. The van der Waals surface area contributed by atoms with Gasteiger partial charge in [0.05, 0.1) is 0 Å². The predicted octanol–water partition coefficient (Wildman–Crippen LogP) is 2.55. The zero-order valence-corrected chi connectivity index (χ0v) is 10.6. The van der Waals surface area contributed by atoms with E-state index in [-0.39, 0.29) is 11.7 Å². The normalized spacial score (nSPS) is 11.3. The van der Waals surface area contributed by atoms with Crippen molar-refractivity contribution in [1.29, 1.82) is 0 Å². The second kappa shape index (κ2) is 6.50. The number of hydrogen-bond donors (Lipinski definition) is 1. The van der Waals surface area contributed by atoms with Gasteiger partial charge in [0, 0.05) is 12.0 Å². The maximum atomic E-state index is 11.7.